The molecule has 19 heavy (non-hydrogen) atoms. The number of carbonyl (C=O) groups is 2. The molecule has 0 unspecified atom stereocenters. The van der Waals surface area contributed by atoms with E-state index < -0.39 is 5.41 Å². The van der Waals surface area contributed by atoms with Crippen molar-refractivity contribution in [2.75, 3.05) is 19.7 Å². The summed E-state index contributed by atoms with van der Waals surface area (Å²) in [6.45, 7) is 9.84. The molecule has 0 bridgehead atoms. The maximum absolute atomic E-state index is 11.7. The second-order valence-corrected chi connectivity index (χ2v) is 6.07. The molecule has 0 spiro atoms. The molecule has 5 nitrogen and oxygen atoms in total. The van der Waals surface area contributed by atoms with Gasteiger partial charge in [-0.25, -0.2) is 0 Å². The first-order chi connectivity index (χ1) is 8.70. The van der Waals surface area contributed by atoms with Gasteiger partial charge in [-0.05, 0) is 12.8 Å². The van der Waals surface area contributed by atoms with Crippen molar-refractivity contribution >= 4 is 11.8 Å². The molecule has 0 saturated heterocycles. The van der Waals surface area contributed by atoms with Crippen LogP contribution in [-0.4, -0.2) is 36.6 Å². The van der Waals surface area contributed by atoms with Crippen molar-refractivity contribution in [1.29, 1.82) is 0 Å². The van der Waals surface area contributed by atoms with Gasteiger partial charge < -0.3 is 15.7 Å². The van der Waals surface area contributed by atoms with E-state index in [4.69, 9.17) is 0 Å². The van der Waals surface area contributed by atoms with E-state index in [0.717, 1.165) is 12.8 Å². The Morgan fingerprint density at radius 2 is 1.58 bits per heavy atom. The lowest BCUT2D eigenvalue weighted by Crippen LogP contribution is -2.45. The topological polar surface area (TPSA) is 78.4 Å². The Morgan fingerprint density at radius 1 is 1.05 bits per heavy atom. The van der Waals surface area contributed by atoms with Crippen LogP contribution in [0.3, 0.4) is 0 Å². The molecule has 0 atom stereocenters. The lowest BCUT2D eigenvalue weighted by molar-refractivity contribution is -0.131. The van der Waals surface area contributed by atoms with Crippen LogP contribution in [0.25, 0.3) is 0 Å². The second-order valence-electron chi connectivity index (χ2n) is 6.07. The van der Waals surface area contributed by atoms with Crippen molar-refractivity contribution in [3.63, 3.8) is 0 Å². The maximum Gasteiger partial charge on any atom is 0.239 e. The molecule has 0 aromatic heterocycles. The first-order valence-electron chi connectivity index (χ1n) is 6.86. The van der Waals surface area contributed by atoms with Gasteiger partial charge in [0.2, 0.25) is 11.8 Å². The predicted molar refractivity (Wildman–Crippen MR) is 75.6 cm³/mol. The highest BCUT2D eigenvalue weighted by atomic mass is 16.3. The van der Waals surface area contributed by atoms with E-state index in [9.17, 15) is 14.7 Å². The molecule has 0 fully saturated rings. The Labute approximate surface area is 116 Å². The molecule has 0 rings (SSSR count). The molecular weight excluding hydrogens is 244 g/mol. The van der Waals surface area contributed by atoms with Gasteiger partial charge in [-0.1, -0.05) is 34.6 Å². The molecule has 2 amide bonds. The minimum Gasteiger partial charge on any atom is -0.396 e. The van der Waals surface area contributed by atoms with Gasteiger partial charge in [0, 0.05) is 17.4 Å². The molecule has 112 valence electrons. The molecule has 0 aliphatic heterocycles. The van der Waals surface area contributed by atoms with Crippen LogP contribution in [0.1, 0.15) is 47.5 Å². The van der Waals surface area contributed by atoms with Crippen LogP contribution in [-0.2, 0) is 9.59 Å². The zero-order valence-electron chi connectivity index (χ0n) is 12.8. The Bertz CT molecular complexity index is 296. The van der Waals surface area contributed by atoms with Gasteiger partial charge in [-0.15, -0.1) is 0 Å². The van der Waals surface area contributed by atoms with Crippen molar-refractivity contribution in [1.82, 2.24) is 10.6 Å². The van der Waals surface area contributed by atoms with Gasteiger partial charge in [0.05, 0.1) is 13.2 Å². The van der Waals surface area contributed by atoms with Crippen LogP contribution < -0.4 is 10.6 Å². The SMILES string of the molecule is CCC(CC)(CO)CNC(=O)CNC(=O)C(C)(C)C. The molecule has 0 aliphatic carbocycles. The minimum atomic E-state index is -0.498. The fourth-order valence-electron chi connectivity index (χ4n) is 1.55. The Balaban J connectivity index is 4.17. The number of hydrogen-bond donors (Lipinski definition) is 3. The molecule has 0 saturated carbocycles. The summed E-state index contributed by atoms with van der Waals surface area (Å²) < 4.78 is 0. The molecule has 3 N–H and O–H groups in total. The van der Waals surface area contributed by atoms with Crippen molar-refractivity contribution < 1.29 is 14.7 Å². The van der Waals surface area contributed by atoms with Gasteiger partial charge in [0.25, 0.3) is 0 Å². The van der Waals surface area contributed by atoms with Crippen LogP contribution in [0.4, 0.5) is 0 Å². The third kappa shape index (κ3) is 6.05. The molecule has 0 heterocycles. The molecule has 0 aliphatic rings. The van der Waals surface area contributed by atoms with Gasteiger partial charge in [-0.2, -0.15) is 0 Å². The van der Waals surface area contributed by atoms with E-state index in [1.807, 2.05) is 13.8 Å². The van der Waals surface area contributed by atoms with Crippen LogP contribution in [0.5, 0.6) is 0 Å². The average Bonchev–Trinajstić information content (AvgIpc) is 2.37. The van der Waals surface area contributed by atoms with Gasteiger partial charge in [0.15, 0.2) is 0 Å². The van der Waals surface area contributed by atoms with E-state index in [1.165, 1.54) is 0 Å². The summed E-state index contributed by atoms with van der Waals surface area (Å²) in [5.74, 6) is -0.376. The summed E-state index contributed by atoms with van der Waals surface area (Å²) in [5, 5.41) is 14.8. The number of hydrogen-bond acceptors (Lipinski definition) is 3. The molecular formula is C14H28N2O3. The third-order valence-corrected chi connectivity index (χ3v) is 3.59. The zero-order valence-corrected chi connectivity index (χ0v) is 12.8. The van der Waals surface area contributed by atoms with Crippen molar-refractivity contribution in [2.24, 2.45) is 10.8 Å². The highest BCUT2D eigenvalue weighted by Crippen LogP contribution is 2.24. The quantitative estimate of drug-likeness (QED) is 0.648. The highest BCUT2D eigenvalue weighted by Gasteiger charge is 2.26. The van der Waals surface area contributed by atoms with Crippen molar-refractivity contribution in [2.45, 2.75) is 47.5 Å². The summed E-state index contributed by atoms with van der Waals surface area (Å²) in [7, 11) is 0. The van der Waals surface area contributed by atoms with Crippen LogP contribution in [0.2, 0.25) is 0 Å². The van der Waals surface area contributed by atoms with Crippen LogP contribution in [0.15, 0.2) is 0 Å². The fraction of sp³-hybridized carbons (Fsp3) is 0.857. The van der Waals surface area contributed by atoms with Crippen LogP contribution in [0, 0.1) is 10.8 Å². The standard InChI is InChI=1S/C14H28N2O3/c1-6-14(7-2,10-17)9-16-11(18)8-15-12(19)13(3,4)5/h17H,6-10H2,1-5H3,(H,15,19)(H,16,18). The summed E-state index contributed by atoms with van der Waals surface area (Å²) >= 11 is 0. The minimum absolute atomic E-state index is 0.0228. The van der Waals surface area contributed by atoms with Crippen molar-refractivity contribution in [3.05, 3.63) is 0 Å². The largest absolute Gasteiger partial charge is 0.396 e. The zero-order chi connectivity index (χ0) is 15.1. The van der Waals surface area contributed by atoms with E-state index >= 15 is 0 Å². The lowest BCUT2D eigenvalue weighted by Gasteiger charge is -2.29. The molecule has 5 heteroatoms. The number of aliphatic hydroxyl groups is 1. The van der Waals surface area contributed by atoms with E-state index in [0.29, 0.717) is 6.54 Å². The highest BCUT2D eigenvalue weighted by molar-refractivity contribution is 5.87. The van der Waals surface area contributed by atoms with Gasteiger partial charge in [0.1, 0.15) is 0 Å². The fourth-order valence-corrected chi connectivity index (χ4v) is 1.55. The number of nitrogens with one attached hydrogen (secondary N) is 2. The van der Waals surface area contributed by atoms with Crippen LogP contribution >= 0.6 is 0 Å². The normalized spacial score (nSPS) is 12.1. The molecule has 0 radical (unpaired) electrons. The smallest absolute Gasteiger partial charge is 0.239 e. The number of rotatable bonds is 7. The predicted octanol–water partition coefficient (Wildman–Crippen LogP) is 1.06. The first kappa shape index (κ1) is 17.9. The average molecular weight is 272 g/mol. The van der Waals surface area contributed by atoms with Gasteiger partial charge >= 0.3 is 0 Å². The monoisotopic (exact) mass is 272 g/mol. The first-order valence-corrected chi connectivity index (χ1v) is 6.86. The molecule has 0 aromatic rings. The van der Waals surface area contributed by atoms with Crippen molar-refractivity contribution in [3.8, 4) is 0 Å². The Hall–Kier alpha value is -1.10. The Morgan fingerprint density at radius 3 is 1.95 bits per heavy atom. The summed E-state index contributed by atoms with van der Waals surface area (Å²) in [5.41, 5.74) is -0.758. The lowest BCUT2D eigenvalue weighted by atomic mass is 9.83. The Kier molecular flexibility index (Phi) is 7.05. The second kappa shape index (κ2) is 7.48. The number of carbonyl (C=O) groups excluding carboxylic acids is 2. The van der Waals surface area contributed by atoms with Gasteiger partial charge in [-0.3, -0.25) is 9.59 Å². The number of amides is 2. The van der Waals surface area contributed by atoms with E-state index in [1.54, 1.807) is 20.8 Å². The third-order valence-electron chi connectivity index (χ3n) is 3.59. The number of aliphatic hydroxyl groups excluding tert-OH is 1. The summed E-state index contributed by atoms with van der Waals surface area (Å²) in [6, 6.07) is 0. The summed E-state index contributed by atoms with van der Waals surface area (Å²) in [4.78, 5) is 23.3. The van der Waals surface area contributed by atoms with E-state index in [2.05, 4.69) is 10.6 Å². The molecule has 0 aromatic carbocycles. The van der Waals surface area contributed by atoms with E-state index in [-0.39, 0.29) is 30.4 Å². The maximum atomic E-state index is 11.7. The summed E-state index contributed by atoms with van der Waals surface area (Å²) in [6.07, 6.45) is 1.60.